The molecule has 0 radical (unpaired) electrons. The molecule has 0 aromatic heterocycles. The molecular weight excluding hydrogens is 226 g/mol. The molecular formula is C11H15NO5. The van der Waals surface area contributed by atoms with E-state index in [2.05, 4.69) is 4.90 Å². The first-order valence-electron chi connectivity index (χ1n) is 5.29. The second kappa shape index (κ2) is 5.58. The summed E-state index contributed by atoms with van der Waals surface area (Å²) in [5, 5.41) is 14.8. The van der Waals surface area contributed by atoms with Gasteiger partial charge in [-0.05, 0) is 37.5 Å². The summed E-state index contributed by atoms with van der Waals surface area (Å²) in [4.78, 5) is 31.4. The summed E-state index contributed by atoms with van der Waals surface area (Å²) in [5.74, 6) is -2.74. The Labute approximate surface area is 98.5 Å². The zero-order valence-corrected chi connectivity index (χ0v) is 9.55. The van der Waals surface area contributed by atoms with Crippen LogP contribution >= 0.6 is 0 Å². The Balaban J connectivity index is 0.000000209. The summed E-state index contributed by atoms with van der Waals surface area (Å²) < 4.78 is 0. The molecule has 6 heteroatoms. The van der Waals surface area contributed by atoms with Gasteiger partial charge < -0.3 is 10.2 Å². The predicted octanol–water partition coefficient (Wildman–Crippen LogP) is -0.00710. The number of rotatable bonds is 1. The van der Waals surface area contributed by atoms with Crippen molar-refractivity contribution in [2.45, 2.75) is 13.3 Å². The third kappa shape index (κ3) is 3.99. The van der Waals surface area contributed by atoms with Crippen molar-refractivity contribution in [3.8, 4) is 0 Å². The van der Waals surface area contributed by atoms with E-state index in [9.17, 15) is 4.79 Å². The first-order chi connectivity index (χ1) is 7.90. The maximum absolute atomic E-state index is 10.8. The van der Waals surface area contributed by atoms with Crippen LogP contribution in [0.25, 0.3) is 0 Å². The lowest BCUT2D eigenvalue weighted by molar-refractivity contribution is -0.159. The summed E-state index contributed by atoms with van der Waals surface area (Å²) in [7, 11) is 0. The highest BCUT2D eigenvalue weighted by atomic mass is 16.4. The van der Waals surface area contributed by atoms with Gasteiger partial charge in [0.15, 0.2) is 5.78 Å². The van der Waals surface area contributed by atoms with Crippen LogP contribution < -0.4 is 0 Å². The van der Waals surface area contributed by atoms with E-state index >= 15 is 0 Å². The second-order valence-corrected chi connectivity index (χ2v) is 4.16. The third-order valence-corrected chi connectivity index (χ3v) is 2.77. The van der Waals surface area contributed by atoms with Crippen molar-refractivity contribution in [1.82, 2.24) is 4.90 Å². The van der Waals surface area contributed by atoms with Crippen molar-refractivity contribution >= 4 is 17.7 Å². The molecule has 6 nitrogen and oxygen atoms in total. The van der Waals surface area contributed by atoms with Crippen LogP contribution in [0, 0.1) is 5.92 Å². The van der Waals surface area contributed by atoms with Gasteiger partial charge in [-0.3, -0.25) is 9.69 Å². The molecule has 2 heterocycles. The Morgan fingerprint density at radius 2 is 1.88 bits per heavy atom. The molecule has 0 aromatic rings. The van der Waals surface area contributed by atoms with Gasteiger partial charge in [0.05, 0.1) is 0 Å². The average molecular weight is 241 g/mol. The normalized spacial score (nSPS) is 27.5. The number of carbonyl (C=O) groups is 3. The lowest BCUT2D eigenvalue weighted by Gasteiger charge is -2.13. The molecule has 2 aliphatic rings. The lowest BCUT2D eigenvalue weighted by atomic mass is 9.98. The molecule has 2 aliphatic heterocycles. The fourth-order valence-electron chi connectivity index (χ4n) is 2.09. The molecule has 0 spiro atoms. The maximum atomic E-state index is 10.8. The Morgan fingerprint density at radius 1 is 1.29 bits per heavy atom. The van der Waals surface area contributed by atoms with E-state index in [1.807, 2.05) is 6.08 Å². The van der Waals surface area contributed by atoms with Crippen LogP contribution in [-0.2, 0) is 14.4 Å². The molecule has 2 unspecified atom stereocenters. The molecule has 0 saturated carbocycles. The molecule has 2 bridgehead atoms. The van der Waals surface area contributed by atoms with Crippen molar-refractivity contribution in [3.05, 3.63) is 11.6 Å². The van der Waals surface area contributed by atoms with E-state index in [0.717, 1.165) is 6.54 Å². The topological polar surface area (TPSA) is 94.9 Å². The number of hydrogen-bond donors (Lipinski definition) is 2. The van der Waals surface area contributed by atoms with E-state index in [-0.39, 0.29) is 5.78 Å². The van der Waals surface area contributed by atoms with Crippen molar-refractivity contribution in [2.24, 2.45) is 5.92 Å². The Bertz CT molecular complexity index is 362. The fraction of sp³-hybridized carbons (Fsp3) is 0.545. The quantitative estimate of drug-likeness (QED) is 0.495. The highest BCUT2D eigenvalue weighted by Crippen LogP contribution is 2.31. The van der Waals surface area contributed by atoms with Crippen molar-refractivity contribution in [3.63, 3.8) is 0 Å². The zero-order chi connectivity index (χ0) is 13.0. The van der Waals surface area contributed by atoms with Crippen LogP contribution in [0.4, 0.5) is 0 Å². The number of carboxylic acids is 2. The van der Waals surface area contributed by atoms with Crippen LogP contribution in [0.15, 0.2) is 11.6 Å². The molecule has 2 fully saturated rings. The van der Waals surface area contributed by atoms with Crippen LogP contribution in [0.5, 0.6) is 0 Å². The van der Waals surface area contributed by atoms with Gasteiger partial charge >= 0.3 is 11.9 Å². The van der Waals surface area contributed by atoms with Gasteiger partial charge in [-0.1, -0.05) is 0 Å². The number of carbonyl (C=O) groups excluding carboxylic acids is 1. The van der Waals surface area contributed by atoms with Crippen molar-refractivity contribution in [1.29, 1.82) is 0 Å². The van der Waals surface area contributed by atoms with Crippen LogP contribution in [0.1, 0.15) is 13.3 Å². The smallest absolute Gasteiger partial charge is 0.414 e. The predicted molar refractivity (Wildman–Crippen MR) is 58.6 cm³/mol. The monoisotopic (exact) mass is 241 g/mol. The largest absolute Gasteiger partial charge is 0.473 e. The van der Waals surface area contributed by atoms with E-state index in [0.29, 0.717) is 5.92 Å². The lowest BCUT2D eigenvalue weighted by Crippen LogP contribution is -2.18. The molecule has 94 valence electrons. The zero-order valence-electron chi connectivity index (χ0n) is 9.55. The summed E-state index contributed by atoms with van der Waals surface area (Å²) in [6.07, 6.45) is 3.09. The standard InChI is InChI=1S/C9H13NO.C2H2O4/c1-7(11)4-9-6-10-3-2-8(9)5-10;3-1(4)2(5)6/h4,8H,2-3,5-6H2,1H3;(H,3,4)(H,5,6). The highest BCUT2D eigenvalue weighted by Gasteiger charge is 2.33. The number of hydrogen-bond acceptors (Lipinski definition) is 4. The van der Waals surface area contributed by atoms with Gasteiger partial charge in [0.2, 0.25) is 0 Å². The molecule has 0 aliphatic carbocycles. The minimum Gasteiger partial charge on any atom is -0.473 e. The number of carboxylic acid groups (broad SMARTS) is 2. The van der Waals surface area contributed by atoms with Crippen LogP contribution in [0.2, 0.25) is 0 Å². The summed E-state index contributed by atoms with van der Waals surface area (Å²) >= 11 is 0. The molecule has 0 aromatic carbocycles. The van der Waals surface area contributed by atoms with Crippen molar-refractivity contribution in [2.75, 3.05) is 19.6 Å². The number of fused-ring (bicyclic) bond motifs is 2. The summed E-state index contributed by atoms with van der Waals surface area (Å²) in [6, 6.07) is 0. The number of ketones is 1. The van der Waals surface area contributed by atoms with Crippen LogP contribution in [0.3, 0.4) is 0 Å². The minimum atomic E-state index is -1.82. The fourth-order valence-corrected chi connectivity index (χ4v) is 2.09. The summed E-state index contributed by atoms with van der Waals surface area (Å²) in [5.41, 5.74) is 1.36. The van der Waals surface area contributed by atoms with E-state index < -0.39 is 11.9 Å². The van der Waals surface area contributed by atoms with Crippen LogP contribution in [-0.4, -0.2) is 52.5 Å². The van der Waals surface area contributed by atoms with E-state index in [4.69, 9.17) is 19.8 Å². The molecule has 2 rings (SSSR count). The maximum Gasteiger partial charge on any atom is 0.414 e. The molecule has 2 N–H and O–H groups in total. The van der Waals surface area contributed by atoms with Gasteiger partial charge in [-0.25, -0.2) is 9.59 Å². The Kier molecular flexibility index (Phi) is 4.39. The Hall–Kier alpha value is -1.69. The van der Waals surface area contributed by atoms with Crippen molar-refractivity contribution < 1.29 is 24.6 Å². The molecule has 0 amide bonds. The first kappa shape index (κ1) is 13.4. The van der Waals surface area contributed by atoms with E-state index in [1.54, 1.807) is 6.92 Å². The number of aliphatic carboxylic acids is 2. The van der Waals surface area contributed by atoms with Gasteiger partial charge in [0, 0.05) is 13.1 Å². The number of piperidine rings is 1. The Morgan fingerprint density at radius 3 is 2.18 bits per heavy atom. The SMILES string of the molecule is CC(=O)C=C1CN2CCC1C2.O=C(O)C(=O)O. The van der Waals surface area contributed by atoms with Gasteiger partial charge in [0.1, 0.15) is 0 Å². The van der Waals surface area contributed by atoms with Gasteiger partial charge in [-0.15, -0.1) is 0 Å². The average Bonchev–Trinajstić information content (AvgIpc) is 2.78. The molecule has 17 heavy (non-hydrogen) atoms. The minimum absolute atomic E-state index is 0.203. The van der Waals surface area contributed by atoms with Gasteiger partial charge in [-0.2, -0.15) is 0 Å². The number of allylic oxidation sites excluding steroid dienone is 1. The second-order valence-electron chi connectivity index (χ2n) is 4.16. The first-order valence-corrected chi connectivity index (χ1v) is 5.29. The summed E-state index contributed by atoms with van der Waals surface area (Å²) in [6.45, 7) is 5.11. The van der Waals surface area contributed by atoms with Gasteiger partial charge in [0.25, 0.3) is 0 Å². The van der Waals surface area contributed by atoms with E-state index in [1.165, 1.54) is 25.1 Å². The number of nitrogens with zero attached hydrogens (tertiary/aromatic N) is 1. The third-order valence-electron chi connectivity index (χ3n) is 2.77. The highest BCUT2D eigenvalue weighted by molar-refractivity contribution is 6.27. The molecule has 2 atom stereocenters. The molecule has 2 saturated heterocycles.